The first-order valence-electron chi connectivity index (χ1n) is 8.46. The molecule has 2 aromatic rings. The van der Waals surface area contributed by atoms with Gasteiger partial charge in [0.1, 0.15) is 17.1 Å². The molecule has 26 heavy (non-hydrogen) atoms. The molecule has 1 heterocycles. The van der Waals surface area contributed by atoms with Crippen LogP contribution >= 0.6 is 0 Å². The van der Waals surface area contributed by atoms with Gasteiger partial charge in [-0.1, -0.05) is 49.4 Å². The SMILES string of the molecule is CC[C@@H](NC1=C(Nc2ccccc2O)C(=O)N(C)C1=O)c1ccccc1. The monoisotopic (exact) mass is 351 g/mol. The fourth-order valence-electron chi connectivity index (χ4n) is 2.89. The summed E-state index contributed by atoms with van der Waals surface area (Å²) in [4.78, 5) is 26.1. The van der Waals surface area contributed by atoms with Gasteiger partial charge in [0.2, 0.25) is 0 Å². The summed E-state index contributed by atoms with van der Waals surface area (Å²) in [6, 6.07) is 16.2. The molecule has 0 bridgehead atoms. The fourth-order valence-corrected chi connectivity index (χ4v) is 2.89. The van der Waals surface area contributed by atoms with Crippen LogP contribution in [0.1, 0.15) is 24.9 Å². The molecular formula is C20H21N3O3. The van der Waals surface area contributed by atoms with E-state index >= 15 is 0 Å². The van der Waals surface area contributed by atoms with E-state index in [2.05, 4.69) is 10.6 Å². The maximum absolute atomic E-state index is 12.6. The highest BCUT2D eigenvalue weighted by molar-refractivity contribution is 6.20. The summed E-state index contributed by atoms with van der Waals surface area (Å²) >= 11 is 0. The number of para-hydroxylation sites is 2. The molecular weight excluding hydrogens is 330 g/mol. The second kappa shape index (κ2) is 7.31. The lowest BCUT2D eigenvalue weighted by Gasteiger charge is -2.19. The number of hydrogen-bond donors (Lipinski definition) is 3. The summed E-state index contributed by atoms with van der Waals surface area (Å²) in [5, 5.41) is 16.1. The van der Waals surface area contributed by atoms with Gasteiger partial charge in [-0.2, -0.15) is 0 Å². The molecule has 0 saturated carbocycles. The number of phenols is 1. The van der Waals surface area contributed by atoms with Gasteiger partial charge >= 0.3 is 0 Å². The third kappa shape index (κ3) is 3.26. The predicted molar refractivity (Wildman–Crippen MR) is 99.1 cm³/mol. The van der Waals surface area contributed by atoms with E-state index in [0.717, 1.165) is 16.9 Å². The Bertz CT molecular complexity index is 862. The van der Waals surface area contributed by atoms with E-state index in [9.17, 15) is 14.7 Å². The van der Waals surface area contributed by atoms with Crippen LogP contribution in [-0.4, -0.2) is 28.9 Å². The van der Waals surface area contributed by atoms with Crippen molar-refractivity contribution in [3.8, 4) is 5.75 Å². The van der Waals surface area contributed by atoms with Crippen molar-refractivity contribution < 1.29 is 14.7 Å². The Morgan fingerprint density at radius 1 is 0.962 bits per heavy atom. The van der Waals surface area contributed by atoms with Gasteiger partial charge in [-0.15, -0.1) is 0 Å². The molecule has 134 valence electrons. The molecule has 0 spiro atoms. The van der Waals surface area contributed by atoms with Crippen molar-refractivity contribution in [3.63, 3.8) is 0 Å². The molecule has 1 atom stereocenters. The Hall–Kier alpha value is -3.28. The zero-order chi connectivity index (χ0) is 18.7. The zero-order valence-corrected chi connectivity index (χ0v) is 14.7. The van der Waals surface area contributed by atoms with Gasteiger partial charge in [-0.05, 0) is 24.1 Å². The summed E-state index contributed by atoms with van der Waals surface area (Å²) in [6.45, 7) is 2.01. The Labute approximate surface area is 152 Å². The topological polar surface area (TPSA) is 81.7 Å². The first-order valence-corrected chi connectivity index (χ1v) is 8.46. The van der Waals surface area contributed by atoms with Crippen LogP contribution < -0.4 is 10.6 Å². The first kappa shape index (κ1) is 17.5. The molecule has 1 aliphatic heterocycles. The predicted octanol–water partition coefficient (Wildman–Crippen LogP) is 2.76. The van der Waals surface area contributed by atoms with E-state index in [0.29, 0.717) is 5.69 Å². The van der Waals surface area contributed by atoms with Crippen LogP contribution in [0.2, 0.25) is 0 Å². The van der Waals surface area contributed by atoms with Crippen molar-refractivity contribution in [3.05, 3.63) is 71.6 Å². The second-order valence-corrected chi connectivity index (χ2v) is 6.08. The minimum Gasteiger partial charge on any atom is -0.506 e. The molecule has 6 nitrogen and oxygen atoms in total. The van der Waals surface area contributed by atoms with Gasteiger partial charge < -0.3 is 15.7 Å². The minimum atomic E-state index is -0.441. The number of benzene rings is 2. The number of carbonyl (C=O) groups is 2. The molecule has 3 rings (SSSR count). The molecule has 2 amide bonds. The van der Waals surface area contributed by atoms with Crippen molar-refractivity contribution in [2.24, 2.45) is 0 Å². The highest BCUT2D eigenvalue weighted by Crippen LogP contribution is 2.28. The summed E-state index contributed by atoms with van der Waals surface area (Å²) in [6.07, 6.45) is 0.739. The van der Waals surface area contributed by atoms with Crippen molar-refractivity contribution in [2.75, 3.05) is 12.4 Å². The van der Waals surface area contributed by atoms with Crippen molar-refractivity contribution in [1.82, 2.24) is 10.2 Å². The Balaban J connectivity index is 1.96. The zero-order valence-electron chi connectivity index (χ0n) is 14.7. The lowest BCUT2D eigenvalue weighted by molar-refractivity contribution is -0.136. The van der Waals surface area contributed by atoms with Gasteiger partial charge in [0.25, 0.3) is 11.8 Å². The fraction of sp³-hybridized carbons (Fsp3) is 0.200. The van der Waals surface area contributed by atoms with E-state index in [1.54, 1.807) is 18.2 Å². The molecule has 2 aromatic carbocycles. The number of phenolic OH excluding ortho intramolecular Hbond substituents is 1. The molecule has 0 fully saturated rings. The number of nitrogens with one attached hydrogen (secondary N) is 2. The number of rotatable bonds is 6. The number of amides is 2. The largest absolute Gasteiger partial charge is 0.506 e. The van der Waals surface area contributed by atoms with Crippen LogP contribution in [0, 0.1) is 0 Å². The van der Waals surface area contributed by atoms with E-state index in [1.807, 2.05) is 37.3 Å². The van der Waals surface area contributed by atoms with E-state index < -0.39 is 11.8 Å². The van der Waals surface area contributed by atoms with Gasteiger partial charge in [0, 0.05) is 7.05 Å². The molecule has 0 radical (unpaired) electrons. The molecule has 0 aromatic heterocycles. The highest BCUT2D eigenvalue weighted by atomic mass is 16.3. The molecule has 3 N–H and O–H groups in total. The smallest absolute Gasteiger partial charge is 0.279 e. The van der Waals surface area contributed by atoms with Crippen molar-refractivity contribution in [1.29, 1.82) is 0 Å². The number of nitrogens with zero attached hydrogens (tertiary/aromatic N) is 1. The Kier molecular flexibility index (Phi) is 4.93. The summed E-state index contributed by atoms with van der Waals surface area (Å²) in [7, 11) is 1.44. The standard InChI is InChI=1S/C20H21N3O3/c1-3-14(13-9-5-4-6-10-13)21-17-18(20(26)23(2)19(17)25)22-15-11-7-8-12-16(15)24/h4-12,14,21-22,24H,3H2,1-2H3/t14-/m1/s1. The lowest BCUT2D eigenvalue weighted by atomic mass is 10.0. The van der Waals surface area contributed by atoms with Gasteiger partial charge in [0.15, 0.2) is 0 Å². The minimum absolute atomic E-state index is 0.00394. The quantitative estimate of drug-likeness (QED) is 0.551. The van der Waals surface area contributed by atoms with Crippen LogP contribution in [0.15, 0.2) is 66.0 Å². The van der Waals surface area contributed by atoms with E-state index in [4.69, 9.17) is 0 Å². The Morgan fingerprint density at radius 3 is 2.23 bits per heavy atom. The maximum Gasteiger partial charge on any atom is 0.279 e. The lowest BCUT2D eigenvalue weighted by Crippen LogP contribution is -2.31. The van der Waals surface area contributed by atoms with Crippen LogP contribution in [0.25, 0.3) is 0 Å². The van der Waals surface area contributed by atoms with Crippen LogP contribution in [-0.2, 0) is 9.59 Å². The van der Waals surface area contributed by atoms with Gasteiger partial charge in [-0.25, -0.2) is 0 Å². The molecule has 6 heteroatoms. The average Bonchev–Trinajstić information content (AvgIpc) is 2.86. The molecule has 0 saturated heterocycles. The maximum atomic E-state index is 12.6. The first-order chi connectivity index (χ1) is 12.5. The second-order valence-electron chi connectivity index (χ2n) is 6.08. The van der Waals surface area contributed by atoms with Crippen LogP contribution in [0.3, 0.4) is 0 Å². The third-order valence-electron chi connectivity index (χ3n) is 4.38. The number of anilines is 1. The molecule has 0 aliphatic carbocycles. The van der Waals surface area contributed by atoms with Crippen molar-refractivity contribution in [2.45, 2.75) is 19.4 Å². The summed E-state index contributed by atoms with van der Waals surface area (Å²) < 4.78 is 0. The number of carbonyl (C=O) groups excluding carboxylic acids is 2. The van der Waals surface area contributed by atoms with Crippen LogP contribution in [0.5, 0.6) is 5.75 Å². The van der Waals surface area contributed by atoms with E-state index in [1.165, 1.54) is 13.1 Å². The van der Waals surface area contributed by atoms with E-state index in [-0.39, 0.29) is 23.2 Å². The number of hydrogen-bond acceptors (Lipinski definition) is 5. The average molecular weight is 351 g/mol. The molecule has 1 aliphatic rings. The normalized spacial score (nSPS) is 15.4. The summed E-state index contributed by atoms with van der Waals surface area (Å²) in [5.41, 5.74) is 1.73. The number of imide groups is 1. The Morgan fingerprint density at radius 2 is 1.58 bits per heavy atom. The van der Waals surface area contributed by atoms with Gasteiger partial charge in [0.05, 0.1) is 11.7 Å². The summed E-state index contributed by atoms with van der Waals surface area (Å²) in [5.74, 6) is -0.838. The number of likely N-dealkylation sites (N-methyl/N-ethyl adjacent to an activating group) is 1. The highest BCUT2D eigenvalue weighted by Gasteiger charge is 2.37. The van der Waals surface area contributed by atoms with Gasteiger partial charge in [-0.3, -0.25) is 14.5 Å². The van der Waals surface area contributed by atoms with Crippen molar-refractivity contribution >= 4 is 17.5 Å². The number of aromatic hydroxyl groups is 1. The molecule has 0 unspecified atom stereocenters. The van der Waals surface area contributed by atoms with Crippen LogP contribution in [0.4, 0.5) is 5.69 Å². The third-order valence-corrected chi connectivity index (χ3v) is 4.38.